The topological polar surface area (TPSA) is 49.4 Å². The van der Waals surface area contributed by atoms with Crippen molar-refractivity contribution in [1.29, 1.82) is 0 Å². The normalized spacial score (nSPS) is 12.4. The standard InChI is InChI=1S/C15H25FN2O2S/c1-6-7-17-10-13-9-14(8-12(4)15(13)16)21(19,20)18(5)11(2)3/h8-9,11,17H,6-7,10H2,1-5H3. The molecule has 120 valence electrons. The zero-order valence-corrected chi connectivity index (χ0v) is 14.2. The third-order valence-electron chi connectivity index (χ3n) is 3.45. The second kappa shape index (κ2) is 7.33. The lowest BCUT2D eigenvalue weighted by Crippen LogP contribution is -2.33. The van der Waals surface area contributed by atoms with Gasteiger partial charge in [-0.2, -0.15) is 4.31 Å². The molecule has 0 bridgehead atoms. The molecule has 0 saturated carbocycles. The molecule has 0 aromatic heterocycles. The van der Waals surface area contributed by atoms with Crippen LogP contribution in [0.2, 0.25) is 0 Å². The van der Waals surface area contributed by atoms with Gasteiger partial charge in [-0.15, -0.1) is 0 Å². The van der Waals surface area contributed by atoms with Gasteiger partial charge < -0.3 is 5.32 Å². The lowest BCUT2D eigenvalue weighted by molar-refractivity contribution is 0.410. The van der Waals surface area contributed by atoms with Crippen molar-refractivity contribution in [3.05, 3.63) is 29.1 Å². The minimum atomic E-state index is -3.59. The van der Waals surface area contributed by atoms with Gasteiger partial charge in [-0.3, -0.25) is 0 Å². The number of rotatable bonds is 7. The molecular weight excluding hydrogens is 291 g/mol. The van der Waals surface area contributed by atoms with Gasteiger partial charge in [-0.05, 0) is 51.4 Å². The molecule has 0 amide bonds. The van der Waals surface area contributed by atoms with E-state index in [0.717, 1.165) is 13.0 Å². The number of halogens is 1. The van der Waals surface area contributed by atoms with Crippen LogP contribution >= 0.6 is 0 Å². The molecule has 1 N–H and O–H groups in total. The summed E-state index contributed by atoms with van der Waals surface area (Å²) in [5.74, 6) is -0.343. The van der Waals surface area contributed by atoms with Crippen molar-refractivity contribution >= 4 is 10.0 Å². The van der Waals surface area contributed by atoms with Crippen molar-refractivity contribution in [3.63, 3.8) is 0 Å². The summed E-state index contributed by atoms with van der Waals surface area (Å²) in [7, 11) is -2.06. The number of aryl methyl sites for hydroxylation is 1. The predicted octanol–water partition coefficient (Wildman–Crippen LogP) is 2.66. The molecule has 21 heavy (non-hydrogen) atoms. The minimum absolute atomic E-state index is 0.144. The number of hydrogen-bond donors (Lipinski definition) is 1. The molecule has 0 aliphatic heterocycles. The monoisotopic (exact) mass is 316 g/mol. The van der Waals surface area contributed by atoms with Crippen LogP contribution in [0.4, 0.5) is 4.39 Å². The molecule has 1 aromatic carbocycles. The molecular formula is C15H25FN2O2S. The highest BCUT2D eigenvalue weighted by molar-refractivity contribution is 7.89. The average Bonchev–Trinajstić information content (AvgIpc) is 2.42. The first-order valence-corrected chi connectivity index (χ1v) is 8.63. The van der Waals surface area contributed by atoms with E-state index in [1.807, 2.05) is 6.92 Å². The number of sulfonamides is 1. The van der Waals surface area contributed by atoms with Gasteiger partial charge in [0.25, 0.3) is 0 Å². The molecule has 0 unspecified atom stereocenters. The van der Waals surface area contributed by atoms with E-state index in [1.165, 1.54) is 23.5 Å². The van der Waals surface area contributed by atoms with Gasteiger partial charge in [0.05, 0.1) is 4.90 Å². The fraction of sp³-hybridized carbons (Fsp3) is 0.600. The Morgan fingerprint density at radius 1 is 1.33 bits per heavy atom. The molecule has 6 heteroatoms. The van der Waals surface area contributed by atoms with Gasteiger partial charge in [0.15, 0.2) is 0 Å². The van der Waals surface area contributed by atoms with Crippen LogP contribution in [0.1, 0.15) is 38.3 Å². The lowest BCUT2D eigenvalue weighted by Gasteiger charge is -2.22. The second-order valence-electron chi connectivity index (χ2n) is 5.51. The summed E-state index contributed by atoms with van der Waals surface area (Å²) in [5, 5.41) is 3.10. The molecule has 1 rings (SSSR count). The fourth-order valence-corrected chi connectivity index (χ4v) is 3.43. The highest BCUT2D eigenvalue weighted by Crippen LogP contribution is 2.22. The molecule has 0 atom stereocenters. The van der Waals surface area contributed by atoms with Crippen molar-refractivity contribution in [1.82, 2.24) is 9.62 Å². The zero-order valence-electron chi connectivity index (χ0n) is 13.4. The average molecular weight is 316 g/mol. The highest BCUT2D eigenvalue weighted by atomic mass is 32.2. The summed E-state index contributed by atoms with van der Waals surface area (Å²) < 4.78 is 40.4. The van der Waals surface area contributed by atoms with Crippen molar-refractivity contribution in [2.75, 3.05) is 13.6 Å². The van der Waals surface area contributed by atoms with E-state index in [0.29, 0.717) is 17.7 Å². The van der Waals surface area contributed by atoms with Crippen molar-refractivity contribution < 1.29 is 12.8 Å². The van der Waals surface area contributed by atoms with E-state index in [-0.39, 0.29) is 16.8 Å². The molecule has 1 aromatic rings. The Balaban J connectivity index is 3.20. The largest absolute Gasteiger partial charge is 0.313 e. The van der Waals surface area contributed by atoms with Crippen LogP contribution in [-0.4, -0.2) is 32.4 Å². The van der Waals surface area contributed by atoms with E-state index in [4.69, 9.17) is 0 Å². The third-order valence-corrected chi connectivity index (χ3v) is 5.46. The van der Waals surface area contributed by atoms with Crippen LogP contribution in [0, 0.1) is 12.7 Å². The Morgan fingerprint density at radius 3 is 2.48 bits per heavy atom. The Morgan fingerprint density at radius 2 is 1.95 bits per heavy atom. The van der Waals surface area contributed by atoms with Crippen LogP contribution in [0.3, 0.4) is 0 Å². The molecule has 0 fully saturated rings. The highest BCUT2D eigenvalue weighted by Gasteiger charge is 2.24. The first-order valence-electron chi connectivity index (χ1n) is 7.19. The van der Waals surface area contributed by atoms with Gasteiger partial charge in [-0.25, -0.2) is 12.8 Å². The summed E-state index contributed by atoms with van der Waals surface area (Å²) >= 11 is 0. The first-order chi connectivity index (χ1) is 9.71. The number of nitrogens with one attached hydrogen (secondary N) is 1. The maximum absolute atomic E-state index is 14.1. The third kappa shape index (κ3) is 4.25. The van der Waals surface area contributed by atoms with E-state index in [1.54, 1.807) is 20.8 Å². The van der Waals surface area contributed by atoms with Gasteiger partial charge in [0.1, 0.15) is 5.82 Å². The molecule has 0 aliphatic carbocycles. The fourth-order valence-electron chi connectivity index (χ4n) is 1.93. The summed E-state index contributed by atoms with van der Waals surface area (Å²) in [6.45, 7) is 8.31. The van der Waals surface area contributed by atoms with Gasteiger partial charge in [0.2, 0.25) is 10.0 Å². The summed E-state index contributed by atoms with van der Waals surface area (Å²) in [5.41, 5.74) is 0.737. The summed E-state index contributed by atoms with van der Waals surface area (Å²) in [6, 6.07) is 2.67. The quantitative estimate of drug-likeness (QED) is 0.787. The predicted molar refractivity (Wildman–Crippen MR) is 83.2 cm³/mol. The Bertz CT molecular complexity index is 586. The first kappa shape index (κ1) is 18.1. The summed E-state index contributed by atoms with van der Waals surface area (Å²) in [6.07, 6.45) is 0.939. The molecule has 0 heterocycles. The van der Waals surface area contributed by atoms with Crippen LogP contribution in [0.5, 0.6) is 0 Å². The van der Waals surface area contributed by atoms with E-state index < -0.39 is 10.0 Å². The Kier molecular flexibility index (Phi) is 6.31. The molecule has 4 nitrogen and oxygen atoms in total. The van der Waals surface area contributed by atoms with Crippen molar-refractivity contribution in [2.24, 2.45) is 0 Å². The number of benzene rings is 1. The van der Waals surface area contributed by atoms with E-state index >= 15 is 0 Å². The van der Waals surface area contributed by atoms with Gasteiger partial charge >= 0.3 is 0 Å². The van der Waals surface area contributed by atoms with Crippen molar-refractivity contribution in [3.8, 4) is 0 Å². The molecule has 0 spiro atoms. The molecule has 0 saturated heterocycles. The van der Waals surface area contributed by atoms with Crippen LogP contribution < -0.4 is 5.32 Å². The molecule has 0 radical (unpaired) electrons. The van der Waals surface area contributed by atoms with Crippen LogP contribution in [-0.2, 0) is 16.6 Å². The lowest BCUT2D eigenvalue weighted by atomic mass is 10.1. The summed E-state index contributed by atoms with van der Waals surface area (Å²) in [4.78, 5) is 0.144. The van der Waals surface area contributed by atoms with Gasteiger partial charge in [-0.1, -0.05) is 6.92 Å². The number of hydrogen-bond acceptors (Lipinski definition) is 3. The number of nitrogens with zero attached hydrogens (tertiary/aromatic N) is 1. The minimum Gasteiger partial charge on any atom is -0.313 e. The zero-order chi connectivity index (χ0) is 16.2. The Hall–Kier alpha value is -0.980. The molecule has 0 aliphatic rings. The maximum atomic E-state index is 14.1. The van der Waals surface area contributed by atoms with Crippen LogP contribution in [0.25, 0.3) is 0 Å². The Labute approximate surface area is 127 Å². The van der Waals surface area contributed by atoms with E-state index in [2.05, 4.69) is 5.32 Å². The smallest absolute Gasteiger partial charge is 0.243 e. The second-order valence-corrected chi connectivity index (χ2v) is 7.50. The van der Waals surface area contributed by atoms with Crippen LogP contribution in [0.15, 0.2) is 17.0 Å². The SMILES string of the molecule is CCCNCc1cc(S(=O)(=O)N(C)C(C)C)cc(C)c1F. The van der Waals surface area contributed by atoms with E-state index in [9.17, 15) is 12.8 Å². The van der Waals surface area contributed by atoms with Crippen molar-refractivity contribution in [2.45, 2.75) is 51.6 Å². The maximum Gasteiger partial charge on any atom is 0.243 e. The van der Waals surface area contributed by atoms with Gasteiger partial charge in [0, 0.05) is 25.2 Å².